The number of halogens is 2. The van der Waals surface area contributed by atoms with Crippen molar-refractivity contribution in [2.45, 2.75) is 95.0 Å². The fourth-order valence-electron chi connectivity index (χ4n) is 5.66. The summed E-state index contributed by atoms with van der Waals surface area (Å²) in [4.78, 5) is 84.1. The number of amides is 6. The van der Waals surface area contributed by atoms with Crippen LogP contribution in [0.15, 0.2) is 53.5 Å². The van der Waals surface area contributed by atoms with Crippen LogP contribution in [-0.4, -0.2) is 102 Å². The van der Waals surface area contributed by atoms with E-state index in [4.69, 9.17) is 28.7 Å². The van der Waals surface area contributed by atoms with Crippen molar-refractivity contribution in [3.63, 3.8) is 0 Å². The highest BCUT2D eigenvalue weighted by Gasteiger charge is 2.33. The number of nitrogens with one attached hydrogen (secondary N) is 5. The molecule has 2 aromatic rings. The lowest BCUT2D eigenvalue weighted by Crippen LogP contribution is -2.60. The molecule has 6 amide bonds. The number of nitrogens with zero attached hydrogens (tertiary/aromatic N) is 1. The molecule has 0 fully saturated rings. The average molecular weight is 818 g/mol. The lowest BCUT2D eigenvalue weighted by atomic mass is 9.99. The predicted octanol–water partition coefficient (Wildman–Crippen LogP) is -2.18. The van der Waals surface area contributed by atoms with E-state index < -0.39 is 89.9 Å². The number of carbonyl (C=O) groups excluding carboxylic acids is 6. The fourth-order valence-corrected chi connectivity index (χ4v) is 5.66. The summed E-state index contributed by atoms with van der Waals surface area (Å²) in [6.07, 6.45) is 0.476. The van der Waals surface area contributed by atoms with E-state index in [0.717, 1.165) is 24.3 Å². The molecule has 16 N–H and O–H groups in total. The van der Waals surface area contributed by atoms with Gasteiger partial charge in [-0.3, -0.25) is 33.8 Å². The molecule has 0 radical (unpaired) electrons. The Hall–Kier alpha value is -5.73. The molecule has 0 aliphatic carbocycles. The minimum absolute atomic E-state index is 0.0173. The summed E-state index contributed by atoms with van der Waals surface area (Å²) in [5.41, 5.74) is 28.4. The second-order valence-electron chi connectivity index (χ2n) is 14.2. The van der Waals surface area contributed by atoms with Crippen LogP contribution in [0.25, 0.3) is 0 Å². The topological polar surface area (TPSA) is 325 Å². The van der Waals surface area contributed by atoms with Crippen molar-refractivity contribution >= 4 is 41.4 Å². The van der Waals surface area contributed by atoms with Crippen LogP contribution in [0.4, 0.5) is 8.78 Å². The van der Waals surface area contributed by atoms with Gasteiger partial charge in [-0.05, 0) is 80.0 Å². The molecule has 320 valence electrons. The van der Waals surface area contributed by atoms with Crippen LogP contribution in [0.5, 0.6) is 0 Å². The van der Waals surface area contributed by atoms with Gasteiger partial charge in [0.05, 0.1) is 6.61 Å². The number of aliphatic imine (C=N–C) groups is 1. The van der Waals surface area contributed by atoms with Gasteiger partial charge in [0.2, 0.25) is 35.4 Å². The van der Waals surface area contributed by atoms with Crippen LogP contribution in [0, 0.1) is 17.6 Å². The van der Waals surface area contributed by atoms with E-state index >= 15 is 0 Å². The number of aliphatic hydroxyl groups excluding tert-OH is 1. The van der Waals surface area contributed by atoms with Gasteiger partial charge in [0.25, 0.3) is 0 Å². The van der Waals surface area contributed by atoms with Gasteiger partial charge >= 0.3 is 0 Å². The van der Waals surface area contributed by atoms with E-state index in [1.165, 1.54) is 24.3 Å². The summed E-state index contributed by atoms with van der Waals surface area (Å²) in [6.45, 7) is 3.19. The molecule has 6 atom stereocenters. The Bertz CT molecular complexity index is 1690. The molecule has 0 saturated heterocycles. The number of hydrogen-bond acceptors (Lipinski definition) is 10. The van der Waals surface area contributed by atoms with E-state index in [1.54, 1.807) is 13.8 Å². The molecule has 2 aromatic carbocycles. The zero-order valence-electron chi connectivity index (χ0n) is 32.7. The molecule has 0 spiro atoms. The molecular weight excluding hydrogens is 760 g/mol. The predicted molar refractivity (Wildman–Crippen MR) is 212 cm³/mol. The lowest BCUT2D eigenvalue weighted by Gasteiger charge is -2.28. The molecule has 0 heterocycles. The molecule has 20 heteroatoms. The second kappa shape index (κ2) is 24.8. The van der Waals surface area contributed by atoms with E-state index in [2.05, 4.69) is 31.6 Å². The maximum Gasteiger partial charge on any atom is 0.243 e. The third-order valence-electron chi connectivity index (χ3n) is 8.78. The van der Waals surface area contributed by atoms with Crippen LogP contribution in [0.1, 0.15) is 57.1 Å². The van der Waals surface area contributed by atoms with E-state index in [9.17, 15) is 42.7 Å². The van der Waals surface area contributed by atoms with Crippen molar-refractivity contribution in [2.75, 3.05) is 19.7 Å². The highest BCUT2D eigenvalue weighted by Crippen LogP contribution is 2.12. The largest absolute Gasteiger partial charge is 0.394 e. The lowest BCUT2D eigenvalue weighted by molar-refractivity contribution is -0.135. The third kappa shape index (κ3) is 17.6. The summed E-state index contributed by atoms with van der Waals surface area (Å²) in [7, 11) is 0. The SMILES string of the molecule is CC(C)C[C@H](NC(=O)[C@H](Cc1ccc(F)cc1)NC(=O)[C@H](Cc1ccc(F)cc1)NC(=O)[C@@H](N)CO)C(=O)N[C@@H](CCCN=C(N)N)C(=O)N[C@@H](CCCN)C(N)=O. The zero-order chi connectivity index (χ0) is 43.4. The standard InChI is InChI=1S/C38H57F2N11O7/c1-21(2)17-29(35(56)48-28(6-4-16-46-38(44)45)34(55)47-27(32(43)53)5-3-15-41)50-37(58)31(19-23-9-13-25(40)14-10-23)51-36(57)30(49-33(54)26(42)20-52)18-22-7-11-24(39)12-8-22/h7-14,21,26-31,52H,3-6,15-20,41-42H2,1-2H3,(H2,43,53)(H,47,55)(H,48,56)(H,49,54)(H,50,58)(H,51,57)(H4,44,45,46)/t26-,27-,28-,29-,30-,31-/m0/s1. The van der Waals surface area contributed by atoms with Gasteiger partial charge in [0, 0.05) is 19.4 Å². The first-order valence-corrected chi connectivity index (χ1v) is 18.9. The number of guanidine groups is 1. The molecule has 2 rings (SSSR count). The van der Waals surface area contributed by atoms with Crippen LogP contribution in [0.3, 0.4) is 0 Å². The molecule has 0 aliphatic heterocycles. The maximum absolute atomic E-state index is 14.1. The molecule has 0 saturated carbocycles. The van der Waals surface area contributed by atoms with Gasteiger partial charge in [-0.2, -0.15) is 0 Å². The van der Waals surface area contributed by atoms with Crippen LogP contribution < -0.4 is 55.3 Å². The Balaban J connectivity index is 2.45. The number of carbonyl (C=O) groups is 6. The van der Waals surface area contributed by atoms with Crippen molar-refractivity contribution in [2.24, 2.45) is 39.6 Å². The van der Waals surface area contributed by atoms with Crippen molar-refractivity contribution in [1.82, 2.24) is 26.6 Å². The molecule has 0 aromatic heterocycles. The Morgan fingerprint density at radius 3 is 1.50 bits per heavy atom. The molecule has 58 heavy (non-hydrogen) atoms. The zero-order valence-corrected chi connectivity index (χ0v) is 32.7. The molecule has 0 bridgehead atoms. The number of primary amides is 1. The van der Waals surface area contributed by atoms with E-state index in [0.29, 0.717) is 17.5 Å². The summed E-state index contributed by atoms with van der Waals surface area (Å²) in [6, 6.07) is 2.47. The molecule has 0 aliphatic rings. The van der Waals surface area contributed by atoms with Crippen molar-refractivity contribution < 1.29 is 42.7 Å². The quantitative estimate of drug-likeness (QED) is 0.0291. The Morgan fingerprint density at radius 2 is 1.05 bits per heavy atom. The van der Waals surface area contributed by atoms with Crippen LogP contribution >= 0.6 is 0 Å². The Morgan fingerprint density at radius 1 is 0.638 bits per heavy atom. The highest BCUT2D eigenvalue weighted by molar-refractivity contribution is 5.96. The smallest absolute Gasteiger partial charge is 0.243 e. The second-order valence-corrected chi connectivity index (χ2v) is 14.2. The van der Waals surface area contributed by atoms with Gasteiger partial charge in [0.15, 0.2) is 5.96 Å². The maximum atomic E-state index is 14.1. The van der Waals surface area contributed by atoms with Gasteiger partial charge in [0.1, 0.15) is 47.9 Å². The van der Waals surface area contributed by atoms with E-state index in [-0.39, 0.29) is 63.5 Å². The number of benzene rings is 2. The van der Waals surface area contributed by atoms with Crippen molar-refractivity contribution in [3.05, 3.63) is 71.3 Å². The first-order valence-electron chi connectivity index (χ1n) is 18.9. The summed E-state index contributed by atoms with van der Waals surface area (Å²) in [5.74, 6) is -6.35. The number of nitrogens with two attached hydrogens (primary N) is 5. The molecule has 0 unspecified atom stereocenters. The number of aliphatic hydroxyl groups is 1. The first-order chi connectivity index (χ1) is 27.4. The minimum Gasteiger partial charge on any atom is -0.394 e. The molecular formula is C38H57F2N11O7. The Labute approximate surface area is 335 Å². The highest BCUT2D eigenvalue weighted by atomic mass is 19.1. The summed E-state index contributed by atoms with van der Waals surface area (Å²) in [5, 5.41) is 22.3. The monoisotopic (exact) mass is 817 g/mol. The average Bonchev–Trinajstić information content (AvgIpc) is 3.17. The summed E-state index contributed by atoms with van der Waals surface area (Å²) >= 11 is 0. The first kappa shape index (κ1) is 48.4. The van der Waals surface area contributed by atoms with Crippen molar-refractivity contribution in [1.29, 1.82) is 0 Å². The third-order valence-corrected chi connectivity index (χ3v) is 8.78. The number of hydrogen-bond donors (Lipinski definition) is 11. The van der Waals surface area contributed by atoms with Gasteiger partial charge in [-0.1, -0.05) is 38.1 Å². The number of rotatable bonds is 25. The normalized spacial score (nSPS) is 14.1. The molecule has 18 nitrogen and oxygen atoms in total. The van der Waals surface area contributed by atoms with Gasteiger partial charge in [-0.25, -0.2) is 8.78 Å². The fraction of sp³-hybridized carbons (Fsp3) is 0.500. The van der Waals surface area contributed by atoms with E-state index in [1.807, 2.05) is 0 Å². The Kier molecular flexibility index (Phi) is 20.7. The van der Waals surface area contributed by atoms with Gasteiger partial charge in [-0.15, -0.1) is 0 Å². The minimum atomic E-state index is -1.42. The summed E-state index contributed by atoms with van der Waals surface area (Å²) < 4.78 is 27.5. The van der Waals surface area contributed by atoms with Crippen molar-refractivity contribution in [3.8, 4) is 0 Å². The van der Waals surface area contributed by atoms with Crippen LogP contribution in [-0.2, 0) is 41.6 Å². The van der Waals surface area contributed by atoms with Gasteiger partial charge < -0.3 is 60.4 Å². The van der Waals surface area contributed by atoms with Crippen LogP contribution in [0.2, 0.25) is 0 Å².